The van der Waals surface area contributed by atoms with E-state index >= 15 is 0 Å². The Hall–Kier alpha value is -1.26. The van der Waals surface area contributed by atoms with Gasteiger partial charge in [0.15, 0.2) is 11.5 Å². The lowest BCUT2D eigenvalue weighted by Crippen LogP contribution is -2.38. The molecule has 2 fully saturated rings. The normalized spacial score (nSPS) is 21.6. The zero-order valence-corrected chi connectivity index (χ0v) is 13.2. The van der Waals surface area contributed by atoms with E-state index in [2.05, 4.69) is 16.3 Å². The Morgan fingerprint density at radius 3 is 2.67 bits per heavy atom. The molecule has 0 unspecified atom stereocenters. The van der Waals surface area contributed by atoms with E-state index in [1.54, 1.807) is 14.2 Å². The van der Waals surface area contributed by atoms with E-state index in [4.69, 9.17) is 9.47 Å². The first kappa shape index (κ1) is 14.7. The maximum atomic E-state index is 5.55. The highest BCUT2D eigenvalue weighted by Gasteiger charge is 2.38. The molecule has 0 atom stereocenters. The van der Waals surface area contributed by atoms with Crippen LogP contribution in [0.4, 0.5) is 0 Å². The van der Waals surface area contributed by atoms with Crippen molar-refractivity contribution >= 4 is 0 Å². The molecule has 4 nitrogen and oxygen atoms in total. The lowest BCUT2D eigenvalue weighted by atomic mass is 9.78. The molecule has 0 aromatic heterocycles. The third kappa shape index (κ3) is 3.01. The van der Waals surface area contributed by atoms with Crippen molar-refractivity contribution < 1.29 is 9.47 Å². The summed E-state index contributed by atoms with van der Waals surface area (Å²) < 4.78 is 11.0. The summed E-state index contributed by atoms with van der Waals surface area (Å²) in [6, 6.07) is 6.16. The van der Waals surface area contributed by atoms with E-state index in [9.17, 15) is 0 Å². The molecule has 0 amide bonds. The molecule has 21 heavy (non-hydrogen) atoms. The average Bonchev–Trinajstić information content (AvgIpc) is 2.90. The van der Waals surface area contributed by atoms with Crippen LogP contribution in [0.1, 0.15) is 24.8 Å². The van der Waals surface area contributed by atoms with E-state index in [0.29, 0.717) is 5.41 Å². The third-order valence-corrected chi connectivity index (χ3v) is 5.06. The Kier molecular flexibility index (Phi) is 4.36. The summed E-state index contributed by atoms with van der Waals surface area (Å²) in [5.74, 6) is 1.71. The van der Waals surface area contributed by atoms with Gasteiger partial charge in [0.25, 0.3) is 0 Å². The van der Waals surface area contributed by atoms with Gasteiger partial charge in [-0.25, -0.2) is 0 Å². The van der Waals surface area contributed by atoms with Crippen LogP contribution in [0, 0.1) is 5.41 Å². The van der Waals surface area contributed by atoms with Gasteiger partial charge in [-0.3, -0.25) is 4.90 Å². The number of rotatable bonds is 4. The summed E-state index contributed by atoms with van der Waals surface area (Å²) in [5.41, 5.74) is 1.78. The van der Waals surface area contributed by atoms with Crippen molar-refractivity contribution in [2.45, 2.75) is 25.8 Å². The predicted octanol–water partition coefficient (Wildman–Crippen LogP) is 2.28. The molecule has 0 bridgehead atoms. The molecule has 3 rings (SSSR count). The van der Waals surface area contributed by atoms with Crippen LogP contribution in [0.5, 0.6) is 11.5 Å². The minimum atomic E-state index is 0.553. The van der Waals surface area contributed by atoms with Gasteiger partial charge < -0.3 is 14.8 Å². The highest BCUT2D eigenvalue weighted by Crippen LogP contribution is 2.40. The number of methoxy groups -OCH3 is 2. The van der Waals surface area contributed by atoms with Crippen molar-refractivity contribution in [3.63, 3.8) is 0 Å². The summed E-state index contributed by atoms with van der Waals surface area (Å²) in [6.07, 6.45) is 3.97. The maximum absolute atomic E-state index is 5.55. The molecule has 1 N–H and O–H groups in total. The zero-order chi connectivity index (χ0) is 14.7. The summed E-state index contributed by atoms with van der Waals surface area (Å²) in [6.45, 7) is 5.72. The fourth-order valence-corrected chi connectivity index (χ4v) is 3.85. The molecule has 2 aliphatic heterocycles. The average molecular weight is 290 g/mol. The van der Waals surface area contributed by atoms with Gasteiger partial charge in [-0.15, -0.1) is 0 Å². The quantitative estimate of drug-likeness (QED) is 0.922. The standard InChI is InChI=1S/C17H26N2O2/c1-20-15-5-3-4-14(16(15)21-2)12-19-11-8-17(13-19)6-9-18-10-7-17/h3-5,18H,6-13H2,1-2H3. The monoisotopic (exact) mass is 290 g/mol. The smallest absolute Gasteiger partial charge is 0.165 e. The Bertz CT molecular complexity index is 484. The first-order valence-corrected chi connectivity index (χ1v) is 7.89. The predicted molar refractivity (Wildman–Crippen MR) is 84.0 cm³/mol. The van der Waals surface area contributed by atoms with Crippen LogP contribution >= 0.6 is 0 Å². The molecular weight excluding hydrogens is 264 g/mol. The number of nitrogens with zero attached hydrogens (tertiary/aromatic N) is 1. The Morgan fingerprint density at radius 1 is 1.14 bits per heavy atom. The number of benzene rings is 1. The molecule has 2 aliphatic rings. The Morgan fingerprint density at radius 2 is 1.95 bits per heavy atom. The lowest BCUT2D eigenvalue weighted by molar-refractivity contribution is 0.193. The molecule has 116 valence electrons. The van der Waals surface area contributed by atoms with E-state index in [1.165, 1.54) is 51.0 Å². The first-order valence-electron chi connectivity index (χ1n) is 7.89. The Balaban J connectivity index is 1.70. The fourth-order valence-electron chi connectivity index (χ4n) is 3.85. The molecule has 1 spiro atoms. The lowest BCUT2D eigenvalue weighted by Gasteiger charge is -2.34. The van der Waals surface area contributed by atoms with Gasteiger partial charge in [-0.05, 0) is 50.4 Å². The van der Waals surface area contributed by atoms with Crippen LogP contribution in [0.25, 0.3) is 0 Å². The molecule has 1 aromatic rings. The van der Waals surface area contributed by atoms with Gasteiger partial charge in [0, 0.05) is 18.7 Å². The van der Waals surface area contributed by atoms with Gasteiger partial charge in [0.2, 0.25) is 0 Å². The topological polar surface area (TPSA) is 33.7 Å². The number of para-hydroxylation sites is 1. The van der Waals surface area contributed by atoms with Crippen LogP contribution in [0.3, 0.4) is 0 Å². The van der Waals surface area contributed by atoms with Crippen molar-refractivity contribution in [1.29, 1.82) is 0 Å². The molecule has 2 heterocycles. The van der Waals surface area contributed by atoms with Crippen LogP contribution in [-0.4, -0.2) is 45.3 Å². The number of ether oxygens (including phenoxy) is 2. The molecular formula is C17H26N2O2. The van der Waals surface area contributed by atoms with Crippen LogP contribution in [0.2, 0.25) is 0 Å². The second kappa shape index (κ2) is 6.24. The molecule has 1 aromatic carbocycles. The number of piperidine rings is 1. The second-order valence-electron chi connectivity index (χ2n) is 6.36. The van der Waals surface area contributed by atoms with Crippen molar-refractivity contribution in [1.82, 2.24) is 10.2 Å². The fraction of sp³-hybridized carbons (Fsp3) is 0.647. The number of hydrogen-bond acceptors (Lipinski definition) is 4. The highest BCUT2D eigenvalue weighted by atomic mass is 16.5. The molecule has 0 aliphatic carbocycles. The summed E-state index contributed by atoms with van der Waals surface area (Å²) in [7, 11) is 3.42. The van der Waals surface area contributed by atoms with Crippen LogP contribution in [0.15, 0.2) is 18.2 Å². The van der Waals surface area contributed by atoms with Crippen molar-refractivity contribution in [3.8, 4) is 11.5 Å². The summed E-state index contributed by atoms with van der Waals surface area (Å²) in [5, 5.41) is 3.48. The van der Waals surface area contributed by atoms with Crippen molar-refractivity contribution in [2.75, 3.05) is 40.4 Å². The maximum Gasteiger partial charge on any atom is 0.165 e. The molecule has 0 saturated carbocycles. The van der Waals surface area contributed by atoms with Gasteiger partial charge in [-0.1, -0.05) is 12.1 Å². The highest BCUT2D eigenvalue weighted by molar-refractivity contribution is 5.46. The van der Waals surface area contributed by atoms with E-state index in [1.807, 2.05) is 12.1 Å². The van der Waals surface area contributed by atoms with E-state index in [0.717, 1.165) is 18.0 Å². The molecule has 0 radical (unpaired) electrons. The molecule has 4 heteroatoms. The van der Waals surface area contributed by atoms with E-state index in [-0.39, 0.29) is 0 Å². The minimum absolute atomic E-state index is 0.553. The second-order valence-corrected chi connectivity index (χ2v) is 6.36. The summed E-state index contributed by atoms with van der Waals surface area (Å²) in [4.78, 5) is 2.57. The van der Waals surface area contributed by atoms with Crippen LogP contribution < -0.4 is 14.8 Å². The van der Waals surface area contributed by atoms with Crippen LogP contribution in [-0.2, 0) is 6.54 Å². The van der Waals surface area contributed by atoms with Gasteiger partial charge in [0.1, 0.15) is 0 Å². The largest absolute Gasteiger partial charge is 0.493 e. The number of hydrogen-bond donors (Lipinski definition) is 1. The summed E-state index contributed by atoms with van der Waals surface area (Å²) >= 11 is 0. The third-order valence-electron chi connectivity index (χ3n) is 5.06. The zero-order valence-electron chi connectivity index (χ0n) is 13.2. The van der Waals surface area contributed by atoms with Crippen molar-refractivity contribution in [3.05, 3.63) is 23.8 Å². The molecule has 2 saturated heterocycles. The van der Waals surface area contributed by atoms with Gasteiger partial charge in [0.05, 0.1) is 14.2 Å². The number of nitrogens with one attached hydrogen (secondary N) is 1. The van der Waals surface area contributed by atoms with E-state index < -0.39 is 0 Å². The number of likely N-dealkylation sites (tertiary alicyclic amines) is 1. The van der Waals surface area contributed by atoms with Gasteiger partial charge in [-0.2, -0.15) is 0 Å². The van der Waals surface area contributed by atoms with Crippen molar-refractivity contribution in [2.24, 2.45) is 5.41 Å². The Labute approximate surface area is 127 Å². The van der Waals surface area contributed by atoms with Gasteiger partial charge >= 0.3 is 0 Å². The first-order chi connectivity index (χ1) is 10.3. The SMILES string of the molecule is COc1cccc(CN2CCC3(CCNCC3)C2)c1OC. The minimum Gasteiger partial charge on any atom is -0.493 e.